The quantitative estimate of drug-likeness (QED) is 0.617. The lowest BCUT2D eigenvalue weighted by Crippen LogP contribution is -2.45. The van der Waals surface area contributed by atoms with Gasteiger partial charge in [0.25, 0.3) is 0 Å². The molecule has 3 nitrogen and oxygen atoms in total. The predicted octanol–water partition coefficient (Wildman–Crippen LogP) is 5.96. The minimum Gasteiger partial charge on any atom is -0.508 e. The van der Waals surface area contributed by atoms with Crippen molar-refractivity contribution in [2.75, 3.05) is 19.8 Å². The van der Waals surface area contributed by atoms with E-state index >= 15 is 0 Å². The van der Waals surface area contributed by atoms with Crippen molar-refractivity contribution in [2.24, 2.45) is 5.92 Å². The largest absolute Gasteiger partial charge is 0.508 e. The van der Waals surface area contributed by atoms with Gasteiger partial charge in [-0.1, -0.05) is 49.7 Å². The lowest BCUT2D eigenvalue weighted by molar-refractivity contribution is 0.125. The van der Waals surface area contributed by atoms with E-state index in [2.05, 4.69) is 55.1 Å². The minimum atomic E-state index is 0.366. The summed E-state index contributed by atoms with van der Waals surface area (Å²) < 4.78 is 5.86. The van der Waals surface area contributed by atoms with E-state index in [1.165, 1.54) is 35.1 Å². The Morgan fingerprint density at radius 2 is 1.97 bits per heavy atom. The lowest BCUT2D eigenvalue weighted by atomic mass is 9.78. The van der Waals surface area contributed by atoms with E-state index in [0.29, 0.717) is 17.7 Å². The van der Waals surface area contributed by atoms with Crippen molar-refractivity contribution in [1.82, 2.24) is 4.90 Å². The minimum absolute atomic E-state index is 0.366. The zero-order valence-electron chi connectivity index (χ0n) is 18.4. The Bertz CT molecular complexity index is 868. The Labute approximate surface area is 181 Å². The summed E-state index contributed by atoms with van der Waals surface area (Å²) in [5, 5.41) is 10.2. The maximum Gasteiger partial charge on any atom is 0.116 e. The van der Waals surface area contributed by atoms with E-state index in [1.54, 1.807) is 11.6 Å². The van der Waals surface area contributed by atoms with Crippen molar-refractivity contribution >= 4 is 5.57 Å². The Hall–Kier alpha value is -2.10. The van der Waals surface area contributed by atoms with Crippen molar-refractivity contribution in [3.05, 3.63) is 70.8 Å². The summed E-state index contributed by atoms with van der Waals surface area (Å²) in [6, 6.07) is 17.1. The number of phenols is 1. The second-order valence-electron chi connectivity index (χ2n) is 8.88. The number of aromatic hydroxyl groups is 1. The van der Waals surface area contributed by atoms with Gasteiger partial charge >= 0.3 is 0 Å². The molecule has 0 amide bonds. The van der Waals surface area contributed by atoms with Gasteiger partial charge in [0, 0.05) is 31.7 Å². The molecule has 4 rings (SSSR count). The lowest BCUT2D eigenvalue weighted by Gasteiger charge is -2.42. The molecule has 0 spiro atoms. The smallest absolute Gasteiger partial charge is 0.116 e. The van der Waals surface area contributed by atoms with Gasteiger partial charge in [-0.25, -0.2) is 0 Å². The molecule has 2 heterocycles. The molecule has 0 aliphatic carbocycles. The number of nitrogens with zero attached hydrogens (tertiary/aromatic N) is 1. The molecule has 1 fully saturated rings. The summed E-state index contributed by atoms with van der Waals surface area (Å²) in [4.78, 5) is 2.70. The van der Waals surface area contributed by atoms with Crippen molar-refractivity contribution in [3.63, 3.8) is 0 Å². The van der Waals surface area contributed by atoms with Crippen LogP contribution in [0.15, 0.2) is 54.1 Å². The fourth-order valence-corrected chi connectivity index (χ4v) is 5.24. The fourth-order valence-electron chi connectivity index (χ4n) is 5.24. The van der Waals surface area contributed by atoms with Gasteiger partial charge < -0.3 is 9.84 Å². The maximum absolute atomic E-state index is 10.2. The first-order chi connectivity index (χ1) is 14.7. The van der Waals surface area contributed by atoms with Crippen LogP contribution in [-0.2, 0) is 11.3 Å². The third-order valence-electron chi connectivity index (χ3n) is 6.77. The molecule has 0 bridgehead atoms. The number of ether oxygens (including phenoxy) is 1. The van der Waals surface area contributed by atoms with Gasteiger partial charge in [-0.15, -0.1) is 0 Å². The van der Waals surface area contributed by atoms with Crippen LogP contribution in [0.2, 0.25) is 0 Å². The summed E-state index contributed by atoms with van der Waals surface area (Å²) >= 11 is 0. The normalized spacial score (nSPS) is 22.6. The molecule has 1 saturated heterocycles. The second-order valence-corrected chi connectivity index (χ2v) is 8.88. The Morgan fingerprint density at radius 1 is 1.13 bits per heavy atom. The Kier molecular flexibility index (Phi) is 6.91. The highest BCUT2D eigenvalue weighted by atomic mass is 16.5. The number of unbranched alkanes of at least 4 members (excludes halogenated alkanes) is 1. The molecule has 2 aromatic rings. The molecule has 2 aliphatic rings. The van der Waals surface area contributed by atoms with Crippen LogP contribution in [0.5, 0.6) is 5.75 Å². The summed E-state index contributed by atoms with van der Waals surface area (Å²) in [6.45, 7) is 8.22. The van der Waals surface area contributed by atoms with Gasteiger partial charge in [0.05, 0.1) is 6.61 Å². The maximum atomic E-state index is 10.2. The molecule has 2 aromatic carbocycles. The SMILES string of the molecule is CCCCC1=C(c2cc(O)ccc2C)CCN(Cc2ccccc2)C1C1CCOC1. The van der Waals surface area contributed by atoms with Crippen molar-refractivity contribution in [2.45, 2.75) is 58.5 Å². The number of aryl methyl sites for hydroxylation is 1. The van der Waals surface area contributed by atoms with Crippen LogP contribution in [0.1, 0.15) is 55.7 Å². The van der Waals surface area contributed by atoms with Crippen LogP contribution in [0, 0.1) is 12.8 Å². The first-order valence-electron chi connectivity index (χ1n) is 11.5. The van der Waals surface area contributed by atoms with Gasteiger partial charge in [-0.2, -0.15) is 0 Å². The van der Waals surface area contributed by atoms with Crippen LogP contribution in [0.3, 0.4) is 0 Å². The van der Waals surface area contributed by atoms with Gasteiger partial charge in [-0.3, -0.25) is 4.90 Å². The summed E-state index contributed by atoms with van der Waals surface area (Å²) in [5.74, 6) is 0.916. The Morgan fingerprint density at radius 3 is 2.70 bits per heavy atom. The van der Waals surface area contributed by atoms with Crippen LogP contribution >= 0.6 is 0 Å². The highest BCUT2D eigenvalue weighted by Gasteiger charge is 2.37. The van der Waals surface area contributed by atoms with Crippen molar-refractivity contribution in [1.29, 1.82) is 0 Å². The molecule has 30 heavy (non-hydrogen) atoms. The molecule has 160 valence electrons. The number of phenolic OH excluding ortho intramolecular Hbond substituents is 1. The van der Waals surface area contributed by atoms with E-state index in [-0.39, 0.29) is 0 Å². The first kappa shape index (κ1) is 21.1. The highest BCUT2D eigenvalue weighted by Crippen LogP contribution is 2.41. The topological polar surface area (TPSA) is 32.7 Å². The zero-order valence-corrected chi connectivity index (χ0v) is 18.4. The molecule has 3 heteroatoms. The van der Waals surface area contributed by atoms with Crippen LogP contribution < -0.4 is 0 Å². The van der Waals surface area contributed by atoms with E-state index in [4.69, 9.17) is 4.74 Å². The molecule has 2 aliphatic heterocycles. The zero-order chi connectivity index (χ0) is 20.9. The molecular formula is C27H35NO2. The molecule has 1 N–H and O–H groups in total. The summed E-state index contributed by atoms with van der Waals surface area (Å²) in [5.41, 5.74) is 6.94. The standard InChI is InChI=1S/C27H35NO2/c1-3-4-10-25-24(26-17-23(29)12-11-20(26)2)13-15-28(18-21-8-6-5-7-9-21)27(25)22-14-16-30-19-22/h5-9,11-12,17,22,27,29H,3-4,10,13-16,18-19H2,1-2H3. The Balaban J connectivity index is 1.76. The number of hydrogen-bond donors (Lipinski definition) is 1. The monoisotopic (exact) mass is 405 g/mol. The molecule has 2 unspecified atom stereocenters. The third-order valence-corrected chi connectivity index (χ3v) is 6.77. The second kappa shape index (κ2) is 9.80. The summed E-state index contributed by atoms with van der Waals surface area (Å²) in [7, 11) is 0. The van der Waals surface area contributed by atoms with Crippen molar-refractivity contribution < 1.29 is 9.84 Å². The highest BCUT2D eigenvalue weighted by molar-refractivity contribution is 5.74. The van der Waals surface area contributed by atoms with E-state index in [9.17, 15) is 5.11 Å². The molecule has 0 radical (unpaired) electrons. The molecule has 2 atom stereocenters. The van der Waals surface area contributed by atoms with Crippen LogP contribution in [0.25, 0.3) is 5.57 Å². The fraction of sp³-hybridized carbons (Fsp3) is 0.481. The van der Waals surface area contributed by atoms with Crippen LogP contribution in [0.4, 0.5) is 0 Å². The van der Waals surface area contributed by atoms with Gasteiger partial charge in [-0.05, 0) is 72.6 Å². The number of rotatable bonds is 7. The van der Waals surface area contributed by atoms with Gasteiger partial charge in [0.1, 0.15) is 5.75 Å². The van der Waals surface area contributed by atoms with E-state index in [1.807, 2.05) is 6.07 Å². The molecule has 0 saturated carbocycles. The van der Waals surface area contributed by atoms with E-state index in [0.717, 1.165) is 45.6 Å². The van der Waals surface area contributed by atoms with Gasteiger partial charge in [0.2, 0.25) is 0 Å². The predicted molar refractivity (Wildman–Crippen MR) is 123 cm³/mol. The van der Waals surface area contributed by atoms with Gasteiger partial charge in [0.15, 0.2) is 0 Å². The third kappa shape index (κ3) is 4.63. The average molecular weight is 406 g/mol. The summed E-state index contributed by atoms with van der Waals surface area (Å²) in [6.07, 6.45) is 5.72. The number of benzene rings is 2. The first-order valence-corrected chi connectivity index (χ1v) is 11.5. The molecular weight excluding hydrogens is 370 g/mol. The number of hydrogen-bond acceptors (Lipinski definition) is 3. The van der Waals surface area contributed by atoms with Crippen LogP contribution in [-0.4, -0.2) is 35.8 Å². The average Bonchev–Trinajstić information content (AvgIpc) is 3.29. The van der Waals surface area contributed by atoms with Crippen molar-refractivity contribution in [3.8, 4) is 5.75 Å². The van der Waals surface area contributed by atoms with E-state index < -0.39 is 0 Å². The molecule has 0 aromatic heterocycles.